The molecule has 2 aromatic carbocycles. The van der Waals surface area contributed by atoms with Crippen molar-refractivity contribution in [2.24, 2.45) is 0 Å². The summed E-state index contributed by atoms with van der Waals surface area (Å²) in [5, 5.41) is 0. The fraction of sp³-hybridized carbons (Fsp3) is 0.333. The van der Waals surface area contributed by atoms with Crippen LogP contribution in [0.15, 0.2) is 42.5 Å². The van der Waals surface area contributed by atoms with Gasteiger partial charge in [0.15, 0.2) is 0 Å². The number of hydrogen-bond acceptors (Lipinski definition) is 0. The van der Waals surface area contributed by atoms with Gasteiger partial charge in [-0.15, -0.1) is 23.2 Å². The Morgan fingerprint density at radius 1 is 0.900 bits per heavy atom. The maximum absolute atomic E-state index is 6.03. The van der Waals surface area contributed by atoms with Gasteiger partial charge < -0.3 is 0 Å². The van der Waals surface area contributed by atoms with Crippen LogP contribution in [0.2, 0.25) is 0 Å². The van der Waals surface area contributed by atoms with E-state index in [1.165, 1.54) is 22.3 Å². The second-order valence-corrected chi connectivity index (χ2v) is 6.27. The first kappa shape index (κ1) is 15.4. The lowest BCUT2D eigenvalue weighted by Gasteiger charge is -2.27. The molecule has 0 aliphatic carbocycles. The normalized spacial score (nSPS) is 11.7. The Kier molecular flexibility index (Phi) is 4.78. The Morgan fingerprint density at radius 3 is 2.25 bits per heavy atom. The lowest BCUT2D eigenvalue weighted by molar-refractivity contribution is 0.639. The van der Waals surface area contributed by atoms with Gasteiger partial charge in [-0.3, -0.25) is 0 Å². The third-order valence-electron chi connectivity index (χ3n) is 4.02. The van der Waals surface area contributed by atoms with Crippen LogP contribution in [-0.4, -0.2) is 0 Å². The molecule has 0 unspecified atom stereocenters. The van der Waals surface area contributed by atoms with Crippen LogP contribution in [0, 0.1) is 6.92 Å². The van der Waals surface area contributed by atoms with E-state index in [1.54, 1.807) is 0 Å². The van der Waals surface area contributed by atoms with Crippen molar-refractivity contribution >= 4 is 23.2 Å². The topological polar surface area (TPSA) is 0 Å². The van der Waals surface area contributed by atoms with Crippen LogP contribution >= 0.6 is 23.2 Å². The van der Waals surface area contributed by atoms with Crippen LogP contribution in [0.3, 0.4) is 0 Å². The fourth-order valence-corrected chi connectivity index (χ4v) is 2.87. The summed E-state index contributed by atoms with van der Waals surface area (Å²) in [6.07, 6.45) is 0. The molecule has 2 heteroatoms. The SMILES string of the molecule is Cc1ccc(C(C)(C)c2cccc(CCl)c2)cc1CCl. The Labute approximate surface area is 131 Å². The van der Waals surface area contributed by atoms with Gasteiger partial charge in [-0.05, 0) is 34.7 Å². The smallest absolute Gasteiger partial charge is 0.0476 e. The van der Waals surface area contributed by atoms with E-state index in [0.29, 0.717) is 11.8 Å². The van der Waals surface area contributed by atoms with Crippen molar-refractivity contribution < 1.29 is 0 Å². The van der Waals surface area contributed by atoms with E-state index >= 15 is 0 Å². The first-order valence-electron chi connectivity index (χ1n) is 6.80. The maximum Gasteiger partial charge on any atom is 0.0476 e. The first-order chi connectivity index (χ1) is 9.48. The lowest BCUT2D eigenvalue weighted by atomic mass is 9.77. The van der Waals surface area contributed by atoms with E-state index in [4.69, 9.17) is 23.2 Å². The van der Waals surface area contributed by atoms with Crippen molar-refractivity contribution in [3.63, 3.8) is 0 Å². The zero-order valence-electron chi connectivity index (χ0n) is 12.2. The average molecular weight is 307 g/mol. The monoisotopic (exact) mass is 306 g/mol. The molecule has 0 saturated heterocycles. The predicted octanol–water partition coefficient (Wildman–Crippen LogP) is 5.80. The summed E-state index contributed by atoms with van der Waals surface area (Å²) in [5.74, 6) is 1.10. The highest BCUT2D eigenvalue weighted by molar-refractivity contribution is 6.17. The molecule has 0 amide bonds. The molecule has 106 valence electrons. The van der Waals surface area contributed by atoms with E-state index in [2.05, 4.69) is 63.2 Å². The molecule has 0 radical (unpaired) electrons. The van der Waals surface area contributed by atoms with E-state index in [1.807, 2.05) is 0 Å². The predicted molar refractivity (Wildman–Crippen MR) is 88.9 cm³/mol. The van der Waals surface area contributed by atoms with Crippen molar-refractivity contribution in [2.75, 3.05) is 0 Å². The van der Waals surface area contributed by atoms with Gasteiger partial charge in [0, 0.05) is 17.2 Å². The number of halogens is 2. The molecule has 0 saturated carbocycles. The molecule has 0 aliphatic rings. The van der Waals surface area contributed by atoms with Crippen molar-refractivity contribution in [1.29, 1.82) is 0 Å². The zero-order chi connectivity index (χ0) is 14.8. The largest absolute Gasteiger partial charge is 0.122 e. The van der Waals surface area contributed by atoms with Crippen LogP contribution in [0.25, 0.3) is 0 Å². The molecule has 0 fully saturated rings. The third kappa shape index (κ3) is 3.02. The van der Waals surface area contributed by atoms with Gasteiger partial charge >= 0.3 is 0 Å². The molecule has 0 N–H and O–H groups in total. The number of alkyl halides is 2. The molecule has 0 aliphatic heterocycles. The van der Waals surface area contributed by atoms with E-state index < -0.39 is 0 Å². The van der Waals surface area contributed by atoms with Crippen LogP contribution in [0.1, 0.15) is 41.7 Å². The van der Waals surface area contributed by atoms with Gasteiger partial charge in [0.25, 0.3) is 0 Å². The van der Waals surface area contributed by atoms with E-state index in [-0.39, 0.29) is 5.41 Å². The summed E-state index contributed by atoms with van der Waals surface area (Å²) < 4.78 is 0. The van der Waals surface area contributed by atoms with E-state index in [9.17, 15) is 0 Å². The molecule has 0 nitrogen and oxygen atoms in total. The minimum Gasteiger partial charge on any atom is -0.122 e. The Balaban J connectivity index is 2.48. The van der Waals surface area contributed by atoms with Crippen molar-refractivity contribution in [1.82, 2.24) is 0 Å². The van der Waals surface area contributed by atoms with Crippen LogP contribution < -0.4 is 0 Å². The zero-order valence-corrected chi connectivity index (χ0v) is 13.7. The first-order valence-corrected chi connectivity index (χ1v) is 7.87. The summed E-state index contributed by atoms with van der Waals surface area (Å²) in [4.78, 5) is 0. The van der Waals surface area contributed by atoms with Crippen molar-refractivity contribution in [3.05, 3.63) is 70.3 Å². The molecule has 0 atom stereocenters. The Bertz CT molecular complexity index is 600. The highest BCUT2D eigenvalue weighted by atomic mass is 35.5. The summed E-state index contributed by atoms with van der Waals surface area (Å²) in [6, 6.07) is 15.1. The summed E-state index contributed by atoms with van der Waals surface area (Å²) in [6.45, 7) is 6.58. The molecule has 0 heterocycles. The van der Waals surface area contributed by atoms with Crippen molar-refractivity contribution in [2.45, 2.75) is 37.9 Å². The second-order valence-electron chi connectivity index (χ2n) is 5.73. The van der Waals surface area contributed by atoms with E-state index in [0.717, 1.165) is 5.56 Å². The fourth-order valence-electron chi connectivity index (χ4n) is 2.41. The minimum absolute atomic E-state index is 0.0590. The van der Waals surface area contributed by atoms with Gasteiger partial charge in [0.05, 0.1) is 0 Å². The van der Waals surface area contributed by atoms with Gasteiger partial charge in [0.2, 0.25) is 0 Å². The molecule has 0 aromatic heterocycles. The molecule has 0 bridgehead atoms. The number of rotatable bonds is 4. The number of aryl methyl sites for hydroxylation is 1. The van der Waals surface area contributed by atoms with Gasteiger partial charge in [0.1, 0.15) is 0 Å². The van der Waals surface area contributed by atoms with Crippen LogP contribution in [0.4, 0.5) is 0 Å². The number of hydrogen-bond donors (Lipinski definition) is 0. The molecular weight excluding hydrogens is 287 g/mol. The third-order valence-corrected chi connectivity index (χ3v) is 4.61. The molecule has 2 aromatic rings. The molecule has 0 spiro atoms. The van der Waals surface area contributed by atoms with Gasteiger partial charge in [-0.1, -0.05) is 56.3 Å². The summed E-state index contributed by atoms with van der Waals surface area (Å²) in [5.41, 5.74) is 6.10. The van der Waals surface area contributed by atoms with Crippen molar-refractivity contribution in [3.8, 4) is 0 Å². The highest BCUT2D eigenvalue weighted by Gasteiger charge is 2.23. The Hall–Kier alpha value is -0.980. The van der Waals surface area contributed by atoms with Crippen LogP contribution in [0.5, 0.6) is 0 Å². The second kappa shape index (κ2) is 6.20. The van der Waals surface area contributed by atoms with Gasteiger partial charge in [-0.2, -0.15) is 0 Å². The van der Waals surface area contributed by atoms with Crippen LogP contribution in [-0.2, 0) is 17.2 Å². The van der Waals surface area contributed by atoms with Gasteiger partial charge in [-0.25, -0.2) is 0 Å². The summed E-state index contributed by atoms with van der Waals surface area (Å²) >= 11 is 12.0. The maximum atomic E-state index is 6.03. The molecule has 20 heavy (non-hydrogen) atoms. The molecular formula is C18H20Cl2. The number of benzene rings is 2. The highest BCUT2D eigenvalue weighted by Crippen LogP contribution is 2.33. The quantitative estimate of drug-likeness (QED) is 0.626. The lowest BCUT2D eigenvalue weighted by Crippen LogP contribution is -2.19. The Morgan fingerprint density at radius 2 is 1.60 bits per heavy atom. The summed E-state index contributed by atoms with van der Waals surface area (Å²) in [7, 11) is 0. The standard InChI is InChI=1S/C18H20Cl2/c1-13-7-8-17(10-15(13)12-20)18(2,3)16-6-4-5-14(9-16)11-19/h4-10H,11-12H2,1-3H3. The average Bonchev–Trinajstić information content (AvgIpc) is 2.47. The minimum atomic E-state index is -0.0590. The molecule has 2 rings (SSSR count).